The summed E-state index contributed by atoms with van der Waals surface area (Å²) in [5.41, 5.74) is 3.21. The first-order valence-electron chi connectivity index (χ1n) is 9.54. The lowest BCUT2D eigenvalue weighted by Crippen LogP contribution is -2.30. The van der Waals surface area contributed by atoms with Gasteiger partial charge in [0.15, 0.2) is 5.82 Å². The molecule has 8 nitrogen and oxygen atoms in total. The molecule has 0 radical (unpaired) electrons. The average molecular weight is 368 g/mol. The molecule has 2 aromatic heterocycles. The van der Waals surface area contributed by atoms with Crippen molar-refractivity contribution in [3.8, 4) is 0 Å². The Kier molecular flexibility index (Phi) is 5.24. The maximum absolute atomic E-state index is 12.1. The minimum Gasteiger partial charge on any atom is -0.481 e. The van der Waals surface area contributed by atoms with Gasteiger partial charge in [0.05, 0.1) is 5.92 Å². The number of tetrazole rings is 1. The Morgan fingerprint density at radius 3 is 2.74 bits per heavy atom. The van der Waals surface area contributed by atoms with Crippen LogP contribution in [0.1, 0.15) is 48.7 Å². The summed E-state index contributed by atoms with van der Waals surface area (Å²) in [6, 6.07) is 4.04. The minimum atomic E-state index is -0.776. The number of pyridine rings is 1. The largest absolute Gasteiger partial charge is 0.481 e. The van der Waals surface area contributed by atoms with E-state index >= 15 is 0 Å². The van der Waals surface area contributed by atoms with Crippen LogP contribution >= 0.6 is 0 Å². The van der Waals surface area contributed by atoms with Crippen molar-refractivity contribution < 1.29 is 9.90 Å². The quantitative estimate of drug-likeness (QED) is 0.682. The van der Waals surface area contributed by atoms with E-state index in [9.17, 15) is 9.90 Å². The van der Waals surface area contributed by atoms with Crippen molar-refractivity contribution in [2.45, 2.75) is 38.0 Å². The fourth-order valence-electron chi connectivity index (χ4n) is 4.39. The highest BCUT2D eigenvalue weighted by molar-refractivity contribution is 5.72. The normalized spacial score (nSPS) is 19.8. The van der Waals surface area contributed by atoms with Gasteiger partial charge in [-0.15, -0.1) is 5.10 Å². The number of carboxylic acids is 1. The lowest BCUT2D eigenvalue weighted by atomic mass is 9.77. The first kappa shape index (κ1) is 17.8. The topological polar surface area (TPSA) is 117 Å². The molecule has 0 amide bonds. The third-order valence-corrected chi connectivity index (χ3v) is 5.77. The number of aliphatic carboxylic acids is 1. The number of carbonyl (C=O) groups is 1. The summed E-state index contributed by atoms with van der Waals surface area (Å²) in [5.74, 6) is -0.909. The molecule has 2 atom stereocenters. The van der Waals surface area contributed by atoms with Crippen molar-refractivity contribution in [3.05, 3.63) is 41.5 Å². The molecule has 3 heterocycles. The highest BCUT2D eigenvalue weighted by atomic mass is 16.4. The predicted octanol–water partition coefficient (Wildman–Crippen LogP) is 1.80. The Labute approximate surface area is 157 Å². The molecular weight excluding hydrogens is 344 g/mol. The molecule has 27 heavy (non-hydrogen) atoms. The van der Waals surface area contributed by atoms with Crippen molar-refractivity contribution >= 4 is 11.5 Å². The maximum Gasteiger partial charge on any atom is 0.307 e. The first-order chi connectivity index (χ1) is 13.2. The first-order valence-corrected chi connectivity index (χ1v) is 9.54. The smallest absolute Gasteiger partial charge is 0.307 e. The van der Waals surface area contributed by atoms with E-state index in [-0.39, 0.29) is 11.8 Å². The monoisotopic (exact) mass is 368 g/mol. The molecule has 0 saturated heterocycles. The summed E-state index contributed by atoms with van der Waals surface area (Å²) in [5, 5.41) is 27.4. The van der Waals surface area contributed by atoms with Gasteiger partial charge >= 0.3 is 5.97 Å². The number of nitrogens with one attached hydrogen (secondary N) is 2. The number of carboxylic acid groups (broad SMARTS) is 1. The SMILES string of the molecule is O=C(O)[C@@H](C1CCCC1)[C@H](Cc1ccc(C2=CCNC2)cn1)c1nnn[nH]1. The number of aromatic nitrogens is 5. The summed E-state index contributed by atoms with van der Waals surface area (Å²) >= 11 is 0. The van der Waals surface area contributed by atoms with Gasteiger partial charge in [-0.05, 0) is 46.4 Å². The summed E-state index contributed by atoms with van der Waals surface area (Å²) < 4.78 is 0. The highest BCUT2D eigenvalue weighted by Gasteiger charge is 2.39. The molecule has 3 N–H and O–H groups in total. The molecule has 1 aliphatic heterocycles. The number of H-pyrrole nitrogens is 1. The van der Waals surface area contributed by atoms with Crippen molar-refractivity contribution in [1.29, 1.82) is 0 Å². The van der Waals surface area contributed by atoms with Crippen molar-refractivity contribution in [2.24, 2.45) is 11.8 Å². The molecular formula is C19H24N6O2. The Hall–Kier alpha value is -2.61. The summed E-state index contributed by atoms with van der Waals surface area (Å²) in [7, 11) is 0. The van der Waals surface area contributed by atoms with Crippen molar-refractivity contribution in [1.82, 2.24) is 30.9 Å². The Balaban J connectivity index is 1.58. The van der Waals surface area contributed by atoms with E-state index in [2.05, 4.69) is 43.1 Å². The van der Waals surface area contributed by atoms with Crippen LogP contribution in [-0.4, -0.2) is 49.8 Å². The fraction of sp³-hybridized carbons (Fsp3) is 0.526. The molecule has 1 saturated carbocycles. The van der Waals surface area contributed by atoms with E-state index in [0.29, 0.717) is 12.2 Å². The van der Waals surface area contributed by atoms with Crippen LogP contribution in [0.4, 0.5) is 0 Å². The molecule has 0 spiro atoms. The molecule has 1 fully saturated rings. The van der Waals surface area contributed by atoms with Gasteiger partial charge in [-0.3, -0.25) is 9.78 Å². The standard InChI is InChI=1S/C19H24N6O2/c26-19(27)17(12-3-1-2-4-12)16(18-22-24-25-23-18)9-15-6-5-13(11-21-15)14-7-8-20-10-14/h5-7,11-12,16-17,20H,1-4,8-10H2,(H,26,27)(H,22,23,24,25)/t16-,17-/m0/s1. The van der Waals surface area contributed by atoms with Gasteiger partial charge in [0.2, 0.25) is 0 Å². The molecule has 4 rings (SSSR count). The molecule has 8 heteroatoms. The van der Waals surface area contributed by atoms with Gasteiger partial charge in [0.1, 0.15) is 0 Å². The number of nitrogens with zero attached hydrogens (tertiary/aromatic N) is 4. The van der Waals surface area contributed by atoms with Crippen molar-refractivity contribution in [3.63, 3.8) is 0 Å². The van der Waals surface area contributed by atoms with Crippen LogP contribution < -0.4 is 5.32 Å². The van der Waals surface area contributed by atoms with E-state index < -0.39 is 11.9 Å². The predicted molar refractivity (Wildman–Crippen MR) is 98.8 cm³/mol. The molecule has 0 bridgehead atoms. The summed E-state index contributed by atoms with van der Waals surface area (Å²) in [4.78, 5) is 16.7. The van der Waals surface area contributed by atoms with Gasteiger partial charge < -0.3 is 10.4 Å². The van der Waals surface area contributed by atoms with Crippen LogP contribution in [0.5, 0.6) is 0 Å². The van der Waals surface area contributed by atoms with E-state index in [0.717, 1.165) is 50.0 Å². The zero-order chi connectivity index (χ0) is 18.6. The van der Waals surface area contributed by atoms with Gasteiger partial charge in [-0.2, -0.15) is 0 Å². The maximum atomic E-state index is 12.1. The van der Waals surface area contributed by atoms with Crippen LogP contribution in [0.2, 0.25) is 0 Å². The van der Waals surface area contributed by atoms with Crippen LogP contribution in [0.25, 0.3) is 5.57 Å². The molecule has 1 aliphatic carbocycles. The zero-order valence-corrected chi connectivity index (χ0v) is 15.1. The molecule has 142 valence electrons. The van der Waals surface area contributed by atoms with E-state index in [1.807, 2.05) is 12.3 Å². The molecule has 0 aromatic carbocycles. The van der Waals surface area contributed by atoms with Gasteiger partial charge in [0, 0.05) is 37.3 Å². The van der Waals surface area contributed by atoms with E-state index in [1.54, 1.807) is 0 Å². The number of aromatic amines is 1. The second-order valence-electron chi connectivity index (χ2n) is 7.40. The van der Waals surface area contributed by atoms with Crippen LogP contribution in [-0.2, 0) is 11.2 Å². The Bertz CT molecular complexity index is 796. The number of hydrogen-bond acceptors (Lipinski definition) is 6. The third-order valence-electron chi connectivity index (χ3n) is 5.77. The molecule has 0 unspecified atom stereocenters. The number of hydrogen-bond donors (Lipinski definition) is 3. The Morgan fingerprint density at radius 2 is 2.15 bits per heavy atom. The second-order valence-corrected chi connectivity index (χ2v) is 7.40. The highest BCUT2D eigenvalue weighted by Crippen LogP contribution is 2.40. The second kappa shape index (κ2) is 7.96. The fourth-order valence-corrected chi connectivity index (χ4v) is 4.39. The minimum absolute atomic E-state index is 0.159. The van der Waals surface area contributed by atoms with Crippen LogP contribution in [0, 0.1) is 11.8 Å². The van der Waals surface area contributed by atoms with Gasteiger partial charge in [-0.1, -0.05) is 25.0 Å². The van der Waals surface area contributed by atoms with Crippen molar-refractivity contribution in [2.75, 3.05) is 13.1 Å². The van der Waals surface area contributed by atoms with Crippen LogP contribution in [0.3, 0.4) is 0 Å². The Morgan fingerprint density at radius 1 is 1.30 bits per heavy atom. The van der Waals surface area contributed by atoms with Crippen LogP contribution in [0.15, 0.2) is 24.4 Å². The summed E-state index contributed by atoms with van der Waals surface area (Å²) in [6.07, 6.45) is 8.61. The summed E-state index contributed by atoms with van der Waals surface area (Å²) in [6.45, 7) is 1.75. The van der Waals surface area contributed by atoms with E-state index in [1.165, 1.54) is 5.57 Å². The molecule has 2 aliphatic rings. The lowest BCUT2D eigenvalue weighted by molar-refractivity contribution is -0.144. The van der Waals surface area contributed by atoms with E-state index in [4.69, 9.17) is 0 Å². The average Bonchev–Trinajstić information content (AvgIpc) is 3.43. The number of rotatable bonds is 7. The lowest BCUT2D eigenvalue weighted by Gasteiger charge is -2.26. The van der Waals surface area contributed by atoms with Gasteiger partial charge in [-0.25, -0.2) is 5.10 Å². The van der Waals surface area contributed by atoms with Gasteiger partial charge in [0.25, 0.3) is 0 Å². The molecule has 2 aromatic rings. The zero-order valence-electron chi connectivity index (χ0n) is 15.1. The third kappa shape index (κ3) is 3.90.